The molecule has 0 N–H and O–H groups in total. The van der Waals surface area contributed by atoms with Crippen LogP contribution in [0.1, 0.15) is 11.1 Å². The number of fused-ring (bicyclic) bond motifs is 6. The summed E-state index contributed by atoms with van der Waals surface area (Å²) in [5.74, 6) is 3.56. The molecule has 0 saturated heterocycles. The third-order valence-electron chi connectivity index (χ3n) is 8.60. The molecule has 0 aromatic heterocycles. The maximum absolute atomic E-state index is 6.74. The number of hydrogen-bond acceptors (Lipinski definition) is 3. The zero-order valence-corrected chi connectivity index (χ0v) is 22.2. The molecule has 0 fully saturated rings. The van der Waals surface area contributed by atoms with Gasteiger partial charge in [0.25, 0.3) is 6.71 Å². The minimum atomic E-state index is 0.0557. The van der Waals surface area contributed by atoms with Gasteiger partial charge in [-0.1, -0.05) is 91.0 Å². The topological polar surface area (TPSA) is 21.7 Å². The minimum Gasteiger partial charge on any atom is -0.458 e. The van der Waals surface area contributed by atoms with Crippen molar-refractivity contribution in [3.8, 4) is 34.1 Å². The van der Waals surface area contributed by atoms with Crippen molar-refractivity contribution in [3.63, 3.8) is 0 Å². The number of benzene rings is 6. The highest BCUT2D eigenvalue weighted by molar-refractivity contribution is 6.98. The van der Waals surface area contributed by atoms with Crippen LogP contribution in [0.5, 0.6) is 23.0 Å². The van der Waals surface area contributed by atoms with E-state index < -0.39 is 0 Å². The first-order valence-corrected chi connectivity index (χ1v) is 14.1. The molecule has 0 aliphatic carbocycles. The van der Waals surface area contributed by atoms with Crippen LogP contribution < -0.4 is 30.8 Å². The standard InChI is InChI=1S/C37H24BNO2/c1-2-11-27(12-3-1)39-31-16-6-4-10-25(31)22-26-21-20-24(23-32(26)39)28-13-8-15-30-37(28)41-35-19-9-18-34-36(35)38(30)29-14-5-7-17-33(29)40-34/h1-21,23H,22H2. The lowest BCUT2D eigenvalue weighted by atomic mass is 9.34. The van der Waals surface area contributed by atoms with E-state index in [9.17, 15) is 0 Å². The first-order valence-electron chi connectivity index (χ1n) is 14.1. The first kappa shape index (κ1) is 22.6. The largest absolute Gasteiger partial charge is 0.458 e. The van der Waals surface area contributed by atoms with Crippen molar-refractivity contribution in [2.24, 2.45) is 0 Å². The Morgan fingerprint density at radius 1 is 0.537 bits per heavy atom. The molecule has 0 saturated carbocycles. The van der Waals surface area contributed by atoms with Crippen LogP contribution in [0.2, 0.25) is 0 Å². The van der Waals surface area contributed by atoms with E-state index in [0.29, 0.717) is 0 Å². The number of nitrogens with zero attached hydrogens (tertiary/aromatic N) is 1. The lowest BCUT2D eigenvalue weighted by molar-refractivity contribution is 0.465. The average Bonchev–Trinajstić information content (AvgIpc) is 3.03. The molecule has 0 atom stereocenters. The van der Waals surface area contributed by atoms with E-state index in [2.05, 4.69) is 120 Å². The molecule has 41 heavy (non-hydrogen) atoms. The molecule has 3 aliphatic rings. The fraction of sp³-hybridized carbons (Fsp3) is 0.0270. The molecule has 0 unspecified atom stereocenters. The smallest absolute Gasteiger partial charge is 0.260 e. The van der Waals surface area contributed by atoms with Crippen molar-refractivity contribution in [2.45, 2.75) is 6.42 Å². The molecule has 3 aliphatic heterocycles. The Bertz CT molecular complexity index is 2000. The highest BCUT2D eigenvalue weighted by Gasteiger charge is 2.40. The Balaban J connectivity index is 1.23. The summed E-state index contributed by atoms with van der Waals surface area (Å²) in [6.45, 7) is 0.0557. The maximum atomic E-state index is 6.74. The molecule has 4 heteroatoms. The summed E-state index contributed by atoms with van der Waals surface area (Å²) in [5, 5.41) is 0. The van der Waals surface area contributed by atoms with Crippen LogP contribution in [0.3, 0.4) is 0 Å². The number of hydrogen-bond donors (Lipinski definition) is 0. The van der Waals surface area contributed by atoms with Crippen LogP contribution in [-0.4, -0.2) is 6.71 Å². The highest BCUT2D eigenvalue weighted by atomic mass is 16.5. The van der Waals surface area contributed by atoms with E-state index in [-0.39, 0.29) is 6.71 Å². The molecular formula is C37H24BNO2. The molecule has 6 aromatic carbocycles. The highest BCUT2D eigenvalue weighted by Crippen LogP contribution is 2.46. The molecule has 6 aromatic rings. The molecule has 0 bridgehead atoms. The molecule has 192 valence electrons. The van der Waals surface area contributed by atoms with Crippen LogP contribution in [-0.2, 0) is 6.42 Å². The van der Waals surface area contributed by atoms with Crippen molar-refractivity contribution < 1.29 is 9.47 Å². The molecule has 0 spiro atoms. The van der Waals surface area contributed by atoms with Crippen LogP contribution in [0.15, 0.2) is 133 Å². The second kappa shape index (κ2) is 8.64. The number of anilines is 3. The molecular weight excluding hydrogens is 501 g/mol. The van der Waals surface area contributed by atoms with E-state index in [1.165, 1.54) is 33.4 Å². The predicted molar refractivity (Wildman–Crippen MR) is 167 cm³/mol. The van der Waals surface area contributed by atoms with E-state index in [4.69, 9.17) is 9.47 Å². The normalized spacial score (nSPS) is 13.6. The zero-order chi connectivity index (χ0) is 26.9. The molecule has 3 nitrogen and oxygen atoms in total. The molecule has 0 amide bonds. The number of ether oxygens (including phenoxy) is 2. The second-order valence-electron chi connectivity index (χ2n) is 10.9. The Kier molecular flexibility index (Phi) is 4.76. The fourth-order valence-electron chi connectivity index (χ4n) is 6.79. The second-order valence-corrected chi connectivity index (χ2v) is 10.9. The van der Waals surface area contributed by atoms with Crippen molar-refractivity contribution >= 4 is 40.2 Å². The first-order chi connectivity index (χ1) is 20.3. The van der Waals surface area contributed by atoms with Gasteiger partial charge < -0.3 is 14.4 Å². The minimum absolute atomic E-state index is 0.0557. The van der Waals surface area contributed by atoms with Crippen LogP contribution in [0.4, 0.5) is 17.1 Å². The van der Waals surface area contributed by atoms with E-state index in [0.717, 1.165) is 51.7 Å². The predicted octanol–water partition coefficient (Wildman–Crippen LogP) is 7.46. The fourth-order valence-corrected chi connectivity index (χ4v) is 6.79. The Morgan fingerprint density at radius 2 is 1.24 bits per heavy atom. The SMILES string of the molecule is c1ccc(N2c3ccccc3Cc3ccc(-c4cccc5c4Oc4cccc6c4B5c4ccccc4O6)cc32)cc1. The Morgan fingerprint density at radius 3 is 2.17 bits per heavy atom. The summed E-state index contributed by atoms with van der Waals surface area (Å²) in [4.78, 5) is 2.39. The summed E-state index contributed by atoms with van der Waals surface area (Å²) < 4.78 is 13.1. The lowest BCUT2D eigenvalue weighted by Crippen LogP contribution is -2.57. The van der Waals surface area contributed by atoms with E-state index >= 15 is 0 Å². The summed E-state index contributed by atoms with van der Waals surface area (Å²) in [7, 11) is 0. The Labute approximate surface area is 239 Å². The van der Waals surface area contributed by atoms with Gasteiger partial charge in [0, 0.05) is 28.8 Å². The third-order valence-corrected chi connectivity index (χ3v) is 8.60. The lowest BCUT2D eigenvalue weighted by Gasteiger charge is -2.35. The summed E-state index contributed by atoms with van der Waals surface area (Å²) >= 11 is 0. The van der Waals surface area contributed by atoms with Gasteiger partial charge in [-0.2, -0.15) is 0 Å². The number of rotatable bonds is 2. The third kappa shape index (κ3) is 3.34. The molecule has 0 radical (unpaired) electrons. The number of para-hydroxylation sites is 4. The Hall–Kier alpha value is -5.22. The van der Waals surface area contributed by atoms with Crippen molar-refractivity contribution in [3.05, 3.63) is 145 Å². The van der Waals surface area contributed by atoms with Gasteiger partial charge in [0.1, 0.15) is 23.0 Å². The van der Waals surface area contributed by atoms with Crippen molar-refractivity contribution in [1.29, 1.82) is 0 Å². The van der Waals surface area contributed by atoms with Gasteiger partial charge in [-0.25, -0.2) is 0 Å². The summed E-state index contributed by atoms with van der Waals surface area (Å²) in [6, 6.07) is 47.3. The molecule has 3 heterocycles. The van der Waals surface area contributed by atoms with Crippen LogP contribution in [0.25, 0.3) is 11.1 Å². The van der Waals surface area contributed by atoms with Gasteiger partial charge in [-0.15, -0.1) is 0 Å². The maximum Gasteiger partial charge on any atom is 0.260 e. The van der Waals surface area contributed by atoms with E-state index in [1.807, 2.05) is 18.2 Å². The van der Waals surface area contributed by atoms with Gasteiger partial charge in [0.2, 0.25) is 0 Å². The van der Waals surface area contributed by atoms with Gasteiger partial charge in [0.15, 0.2) is 0 Å². The van der Waals surface area contributed by atoms with Gasteiger partial charge in [-0.3, -0.25) is 0 Å². The van der Waals surface area contributed by atoms with Crippen molar-refractivity contribution in [2.75, 3.05) is 4.90 Å². The van der Waals surface area contributed by atoms with Crippen LogP contribution >= 0.6 is 0 Å². The average molecular weight is 525 g/mol. The van der Waals surface area contributed by atoms with Crippen LogP contribution in [0, 0.1) is 0 Å². The zero-order valence-electron chi connectivity index (χ0n) is 22.2. The monoisotopic (exact) mass is 525 g/mol. The van der Waals surface area contributed by atoms with Gasteiger partial charge >= 0.3 is 0 Å². The summed E-state index contributed by atoms with van der Waals surface area (Å²) in [5.41, 5.74) is 11.9. The quantitative estimate of drug-likeness (QED) is 0.219. The summed E-state index contributed by atoms with van der Waals surface area (Å²) in [6.07, 6.45) is 0.910. The van der Waals surface area contributed by atoms with Crippen molar-refractivity contribution in [1.82, 2.24) is 0 Å². The molecule has 9 rings (SSSR count). The van der Waals surface area contributed by atoms with Gasteiger partial charge in [0.05, 0.1) is 5.69 Å². The van der Waals surface area contributed by atoms with Gasteiger partial charge in [-0.05, 0) is 70.1 Å². The van der Waals surface area contributed by atoms with E-state index in [1.54, 1.807) is 0 Å².